The number of halogens is 3. The molecule has 2 fully saturated rings. The van der Waals surface area contributed by atoms with Crippen LogP contribution in [0.1, 0.15) is 29.5 Å². The molecule has 0 unspecified atom stereocenters. The van der Waals surface area contributed by atoms with E-state index >= 15 is 0 Å². The fourth-order valence-electron chi connectivity index (χ4n) is 6.34. The highest BCUT2D eigenvalue weighted by molar-refractivity contribution is 5.95. The summed E-state index contributed by atoms with van der Waals surface area (Å²) in [4.78, 5) is 40.0. The van der Waals surface area contributed by atoms with Crippen LogP contribution in [0.2, 0.25) is 0 Å². The molecule has 3 aromatic carbocycles. The monoisotopic (exact) mass is 632 g/mol. The fraction of sp³-hybridized carbons (Fsp3) is 0.324. The average Bonchev–Trinajstić information content (AvgIpc) is 3.67. The number of H-pyrrole nitrogens is 1. The van der Waals surface area contributed by atoms with Gasteiger partial charge < -0.3 is 24.8 Å². The molecule has 0 aliphatic carbocycles. The quantitative estimate of drug-likeness (QED) is 0.236. The lowest BCUT2D eigenvalue weighted by Crippen LogP contribution is -2.54. The summed E-state index contributed by atoms with van der Waals surface area (Å²) in [5.41, 5.74) is 3.12. The molecule has 46 heavy (non-hydrogen) atoms. The van der Waals surface area contributed by atoms with Crippen molar-refractivity contribution in [1.29, 1.82) is 0 Å². The first-order valence-corrected chi connectivity index (χ1v) is 15.1. The first-order valence-electron chi connectivity index (χ1n) is 15.1. The molecule has 0 radical (unpaired) electrons. The average molecular weight is 633 g/mol. The van der Waals surface area contributed by atoms with Gasteiger partial charge in [0.25, 0.3) is 0 Å². The van der Waals surface area contributed by atoms with E-state index < -0.39 is 23.2 Å². The number of aromatic nitrogens is 2. The second-order valence-corrected chi connectivity index (χ2v) is 11.9. The Balaban J connectivity index is 1.15. The summed E-state index contributed by atoms with van der Waals surface area (Å²) in [6.07, 6.45) is 0.451. The van der Waals surface area contributed by atoms with E-state index in [0.29, 0.717) is 13.1 Å². The van der Waals surface area contributed by atoms with Crippen LogP contribution in [0.3, 0.4) is 0 Å². The molecule has 9 nitrogen and oxygen atoms in total. The van der Waals surface area contributed by atoms with Crippen LogP contribution < -0.4 is 10.1 Å². The summed E-state index contributed by atoms with van der Waals surface area (Å²) in [6.45, 7) is 2.87. The van der Waals surface area contributed by atoms with E-state index in [0.717, 1.165) is 67.2 Å². The standard InChI is InChI=1S/C34H35F3N6O3/c1-46-29-11-5-24(6-12-29)20-43-32(45)42(21-31(44)40-28-9-7-27(8-10-28)34(35,36)37)22-33(43)13-15-41(16-14-33)19-25-3-2-4-26(17-25)30-18-38-23-39-30/h2-12,17-18,23H,13-16,19-22H2,1H3,(H,38,39)(H,40,44). The molecule has 12 heteroatoms. The van der Waals surface area contributed by atoms with Gasteiger partial charge in [-0.05, 0) is 72.0 Å². The molecule has 1 aromatic heterocycles. The highest BCUT2D eigenvalue weighted by atomic mass is 19.4. The van der Waals surface area contributed by atoms with E-state index in [2.05, 4.69) is 32.3 Å². The van der Waals surface area contributed by atoms with Crippen LogP contribution in [0.5, 0.6) is 5.75 Å². The van der Waals surface area contributed by atoms with Crippen molar-refractivity contribution in [3.8, 4) is 17.0 Å². The van der Waals surface area contributed by atoms with Crippen molar-refractivity contribution in [3.63, 3.8) is 0 Å². The maximum atomic E-state index is 13.9. The number of aromatic amines is 1. The van der Waals surface area contributed by atoms with Crippen molar-refractivity contribution >= 4 is 17.6 Å². The zero-order chi connectivity index (χ0) is 32.3. The number of nitrogens with one attached hydrogen (secondary N) is 2. The van der Waals surface area contributed by atoms with E-state index in [4.69, 9.17) is 4.74 Å². The third kappa shape index (κ3) is 6.86. The van der Waals surface area contributed by atoms with Gasteiger partial charge in [-0.3, -0.25) is 9.69 Å². The number of alkyl halides is 3. The highest BCUT2D eigenvalue weighted by Crippen LogP contribution is 2.38. The number of nitrogens with zero attached hydrogens (tertiary/aromatic N) is 4. The number of benzene rings is 3. The Labute approximate surface area is 265 Å². The van der Waals surface area contributed by atoms with Crippen molar-refractivity contribution in [2.45, 2.75) is 37.6 Å². The number of likely N-dealkylation sites (tertiary alicyclic amines) is 1. The lowest BCUT2D eigenvalue weighted by Gasteiger charge is -2.44. The second-order valence-electron chi connectivity index (χ2n) is 11.9. The maximum absolute atomic E-state index is 13.9. The number of amides is 3. The number of carbonyl (C=O) groups is 2. The molecule has 2 N–H and O–H groups in total. The van der Waals surface area contributed by atoms with Gasteiger partial charge in [-0.2, -0.15) is 13.2 Å². The Morgan fingerprint density at radius 1 is 1.00 bits per heavy atom. The predicted octanol–water partition coefficient (Wildman–Crippen LogP) is 6.02. The predicted molar refractivity (Wildman–Crippen MR) is 167 cm³/mol. The lowest BCUT2D eigenvalue weighted by molar-refractivity contribution is -0.137. The van der Waals surface area contributed by atoms with Gasteiger partial charge in [-0.1, -0.05) is 30.3 Å². The van der Waals surface area contributed by atoms with Crippen LogP contribution >= 0.6 is 0 Å². The molecule has 2 saturated heterocycles. The fourth-order valence-corrected chi connectivity index (χ4v) is 6.34. The van der Waals surface area contributed by atoms with Gasteiger partial charge in [0.2, 0.25) is 5.91 Å². The summed E-state index contributed by atoms with van der Waals surface area (Å²) >= 11 is 0. The number of urea groups is 1. The number of hydrogen-bond acceptors (Lipinski definition) is 5. The Bertz CT molecular complexity index is 1650. The number of ether oxygens (including phenoxy) is 1. The minimum atomic E-state index is -4.47. The van der Waals surface area contributed by atoms with E-state index in [1.807, 2.05) is 41.3 Å². The van der Waals surface area contributed by atoms with E-state index in [9.17, 15) is 22.8 Å². The smallest absolute Gasteiger partial charge is 0.416 e. The number of anilines is 1. The zero-order valence-corrected chi connectivity index (χ0v) is 25.4. The van der Waals surface area contributed by atoms with Crippen molar-refractivity contribution in [1.82, 2.24) is 24.7 Å². The molecule has 0 atom stereocenters. The summed E-state index contributed by atoms with van der Waals surface area (Å²) in [5.74, 6) is 0.252. The summed E-state index contributed by atoms with van der Waals surface area (Å²) in [7, 11) is 1.60. The summed E-state index contributed by atoms with van der Waals surface area (Å²) in [6, 6.07) is 20.0. The second kappa shape index (κ2) is 12.9. The molecule has 2 aliphatic heterocycles. The van der Waals surface area contributed by atoms with Crippen LogP contribution in [-0.2, 0) is 24.1 Å². The van der Waals surface area contributed by atoms with Crippen molar-refractivity contribution in [2.75, 3.05) is 38.6 Å². The Kier molecular flexibility index (Phi) is 8.72. The molecular weight excluding hydrogens is 597 g/mol. The van der Waals surface area contributed by atoms with Crippen LogP contribution in [0, 0.1) is 0 Å². The minimum absolute atomic E-state index is 0.204. The SMILES string of the molecule is COc1ccc(CN2C(=O)N(CC(=O)Nc3ccc(C(F)(F)F)cc3)CC23CCN(Cc2cccc(-c4cnc[nH]4)c2)CC3)cc1. The number of imidazole rings is 1. The normalized spacial score (nSPS) is 16.7. The zero-order valence-electron chi connectivity index (χ0n) is 25.4. The molecule has 4 aromatic rings. The third-order valence-electron chi connectivity index (χ3n) is 8.82. The largest absolute Gasteiger partial charge is 0.497 e. The van der Waals surface area contributed by atoms with Crippen molar-refractivity contribution in [2.24, 2.45) is 0 Å². The molecule has 1 spiro atoms. The first-order chi connectivity index (χ1) is 22.1. The molecule has 3 amide bonds. The van der Waals surface area contributed by atoms with Crippen molar-refractivity contribution in [3.05, 3.63) is 102 Å². The number of hydrogen-bond donors (Lipinski definition) is 2. The van der Waals surface area contributed by atoms with Crippen molar-refractivity contribution < 1.29 is 27.5 Å². The first kappa shape index (κ1) is 31.2. The molecular formula is C34H35F3N6O3. The van der Waals surface area contributed by atoms with E-state index in [1.54, 1.807) is 24.5 Å². The lowest BCUT2D eigenvalue weighted by atomic mass is 9.86. The van der Waals surface area contributed by atoms with Gasteiger partial charge in [-0.25, -0.2) is 9.78 Å². The number of methoxy groups -OCH3 is 1. The van der Waals surface area contributed by atoms with Gasteiger partial charge in [0, 0.05) is 38.4 Å². The van der Waals surface area contributed by atoms with Gasteiger partial charge in [0.1, 0.15) is 12.3 Å². The summed E-state index contributed by atoms with van der Waals surface area (Å²) in [5, 5.41) is 2.64. The van der Waals surface area contributed by atoms with Crippen LogP contribution in [-0.4, -0.2) is 75.4 Å². The third-order valence-corrected chi connectivity index (χ3v) is 8.82. The number of rotatable bonds is 9. The topological polar surface area (TPSA) is 93.8 Å². The molecule has 0 bridgehead atoms. The van der Waals surface area contributed by atoms with E-state index in [-0.39, 0.29) is 18.3 Å². The van der Waals surface area contributed by atoms with Gasteiger partial charge in [0.05, 0.1) is 36.4 Å². The number of piperidine rings is 1. The van der Waals surface area contributed by atoms with Crippen LogP contribution in [0.25, 0.3) is 11.3 Å². The van der Waals surface area contributed by atoms with Gasteiger partial charge in [-0.15, -0.1) is 0 Å². The van der Waals surface area contributed by atoms with Gasteiger partial charge >= 0.3 is 12.2 Å². The highest BCUT2D eigenvalue weighted by Gasteiger charge is 2.51. The van der Waals surface area contributed by atoms with Gasteiger partial charge in [0.15, 0.2) is 0 Å². The molecule has 3 heterocycles. The molecule has 6 rings (SSSR count). The maximum Gasteiger partial charge on any atom is 0.416 e. The minimum Gasteiger partial charge on any atom is -0.497 e. The molecule has 2 aliphatic rings. The van der Waals surface area contributed by atoms with E-state index in [1.165, 1.54) is 17.7 Å². The molecule has 240 valence electrons. The summed E-state index contributed by atoms with van der Waals surface area (Å²) < 4.78 is 44.2. The number of carbonyl (C=O) groups excluding carboxylic acids is 2. The Morgan fingerprint density at radius 3 is 2.39 bits per heavy atom. The molecule has 0 saturated carbocycles. The van der Waals surface area contributed by atoms with Crippen LogP contribution in [0.15, 0.2) is 85.3 Å². The Morgan fingerprint density at radius 2 is 1.74 bits per heavy atom. The Hall–Kier alpha value is -4.84. The van der Waals surface area contributed by atoms with Crippen LogP contribution in [0.4, 0.5) is 23.7 Å².